The van der Waals surface area contributed by atoms with E-state index >= 15 is 0 Å². The highest BCUT2D eigenvalue weighted by Crippen LogP contribution is 2.20. The van der Waals surface area contributed by atoms with Crippen LogP contribution in [0.4, 0.5) is 5.82 Å². The fraction of sp³-hybridized carbons (Fsp3) is 0.292. The van der Waals surface area contributed by atoms with E-state index in [-0.39, 0.29) is 12.0 Å². The van der Waals surface area contributed by atoms with Crippen LogP contribution in [0.2, 0.25) is 0 Å². The van der Waals surface area contributed by atoms with Crippen molar-refractivity contribution >= 4 is 11.7 Å². The lowest BCUT2D eigenvalue weighted by molar-refractivity contribution is 0.0950. The van der Waals surface area contributed by atoms with E-state index in [2.05, 4.69) is 20.2 Å². The molecule has 1 N–H and O–H groups in total. The predicted molar refractivity (Wildman–Crippen MR) is 117 cm³/mol. The molecule has 0 bridgehead atoms. The molecule has 2 aromatic heterocycles. The number of nitrogens with zero attached hydrogens (tertiary/aromatic N) is 3. The van der Waals surface area contributed by atoms with Crippen molar-refractivity contribution in [2.75, 3.05) is 18.0 Å². The van der Waals surface area contributed by atoms with Crippen LogP contribution >= 0.6 is 0 Å². The third-order valence-electron chi connectivity index (χ3n) is 5.26. The van der Waals surface area contributed by atoms with Gasteiger partial charge in [-0.2, -0.15) is 0 Å². The van der Waals surface area contributed by atoms with Gasteiger partial charge in [0.25, 0.3) is 5.91 Å². The highest BCUT2D eigenvalue weighted by atomic mass is 16.5. The zero-order chi connectivity index (χ0) is 20.8. The molecule has 0 saturated carbocycles. The molecule has 1 atom stereocenters. The smallest absolute Gasteiger partial charge is 0.253 e. The quantitative estimate of drug-likeness (QED) is 0.643. The Balaban J connectivity index is 1.29. The third-order valence-corrected chi connectivity index (χ3v) is 5.26. The van der Waals surface area contributed by atoms with Crippen molar-refractivity contribution in [3.63, 3.8) is 0 Å². The van der Waals surface area contributed by atoms with Crippen LogP contribution in [0.1, 0.15) is 47.4 Å². The maximum Gasteiger partial charge on any atom is 0.253 e. The Labute approximate surface area is 176 Å². The molecule has 1 amide bonds. The predicted octanol–water partition coefficient (Wildman–Crippen LogP) is 4.15. The topological polar surface area (TPSA) is 67.3 Å². The van der Waals surface area contributed by atoms with Gasteiger partial charge in [-0.3, -0.25) is 4.79 Å². The van der Waals surface area contributed by atoms with E-state index in [1.807, 2.05) is 55.6 Å². The number of rotatable bonds is 7. The zero-order valence-corrected chi connectivity index (χ0v) is 17.1. The summed E-state index contributed by atoms with van der Waals surface area (Å²) in [5.41, 5.74) is 2.54. The molecule has 30 heavy (non-hydrogen) atoms. The van der Waals surface area contributed by atoms with E-state index in [0.29, 0.717) is 18.0 Å². The molecule has 1 aromatic carbocycles. The number of ether oxygens (including phenoxy) is 1. The lowest BCUT2D eigenvalue weighted by Gasteiger charge is -2.16. The van der Waals surface area contributed by atoms with Gasteiger partial charge in [0.15, 0.2) is 0 Å². The summed E-state index contributed by atoms with van der Waals surface area (Å²) in [5, 5.41) is 2.92. The summed E-state index contributed by atoms with van der Waals surface area (Å²) in [4.78, 5) is 23.5. The minimum absolute atomic E-state index is 0.116. The number of amides is 1. The SMILES string of the molecule is CC(Oc1ccc(C(=O)NCc2ccc(N3CCCC3)nc2)cn1)c1ccccc1. The molecule has 3 heterocycles. The zero-order valence-electron chi connectivity index (χ0n) is 17.1. The Bertz CT molecular complexity index is 953. The van der Waals surface area contributed by atoms with Crippen LogP contribution < -0.4 is 15.0 Å². The average Bonchev–Trinajstić information content (AvgIpc) is 3.34. The van der Waals surface area contributed by atoms with Crippen LogP contribution in [0.3, 0.4) is 0 Å². The van der Waals surface area contributed by atoms with Crippen LogP contribution in [-0.4, -0.2) is 29.0 Å². The number of benzene rings is 1. The Morgan fingerprint density at radius 1 is 1.03 bits per heavy atom. The summed E-state index contributed by atoms with van der Waals surface area (Å²) in [6.07, 6.45) is 5.70. The second-order valence-electron chi connectivity index (χ2n) is 7.46. The van der Waals surface area contributed by atoms with E-state index < -0.39 is 0 Å². The normalized spacial score (nSPS) is 14.4. The number of pyridine rings is 2. The van der Waals surface area contributed by atoms with Crippen molar-refractivity contribution in [1.29, 1.82) is 0 Å². The van der Waals surface area contributed by atoms with Gasteiger partial charge >= 0.3 is 0 Å². The van der Waals surface area contributed by atoms with Crippen molar-refractivity contribution in [1.82, 2.24) is 15.3 Å². The van der Waals surface area contributed by atoms with Gasteiger partial charge in [-0.15, -0.1) is 0 Å². The molecule has 3 aromatic rings. The number of carbonyl (C=O) groups is 1. The fourth-order valence-corrected chi connectivity index (χ4v) is 3.50. The largest absolute Gasteiger partial charge is 0.470 e. The van der Waals surface area contributed by atoms with E-state index in [1.165, 1.54) is 19.0 Å². The molecule has 1 fully saturated rings. The minimum Gasteiger partial charge on any atom is -0.470 e. The maximum atomic E-state index is 12.4. The van der Waals surface area contributed by atoms with Crippen LogP contribution in [-0.2, 0) is 6.54 Å². The van der Waals surface area contributed by atoms with Crippen molar-refractivity contribution in [2.24, 2.45) is 0 Å². The highest BCUT2D eigenvalue weighted by Gasteiger charge is 2.13. The summed E-state index contributed by atoms with van der Waals surface area (Å²) in [7, 11) is 0. The van der Waals surface area contributed by atoms with Crippen LogP contribution in [0.5, 0.6) is 5.88 Å². The second-order valence-corrected chi connectivity index (χ2v) is 7.46. The molecular formula is C24H26N4O2. The van der Waals surface area contributed by atoms with Crippen molar-refractivity contribution in [2.45, 2.75) is 32.4 Å². The molecule has 0 aliphatic carbocycles. The summed E-state index contributed by atoms with van der Waals surface area (Å²) >= 11 is 0. The lowest BCUT2D eigenvalue weighted by Crippen LogP contribution is -2.23. The molecule has 1 saturated heterocycles. The Hall–Kier alpha value is -3.41. The first kappa shape index (κ1) is 19.9. The van der Waals surface area contributed by atoms with E-state index in [9.17, 15) is 4.79 Å². The standard InChI is InChI=1S/C24H26N4O2/c1-18(20-7-3-2-4-8-20)30-23-12-10-21(17-26-23)24(29)27-16-19-9-11-22(25-15-19)28-13-5-6-14-28/h2-4,7-12,15,17-18H,5-6,13-14,16H2,1H3,(H,27,29). The summed E-state index contributed by atoms with van der Waals surface area (Å²) in [6.45, 7) is 4.54. The van der Waals surface area contributed by atoms with Crippen molar-refractivity contribution in [3.05, 3.63) is 83.7 Å². The molecule has 1 aliphatic rings. The second kappa shape index (κ2) is 9.39. The number of anilines is 1. The summed E-state index contributed by atoms with van der Waals surface area (Å²) in [5.74, 6) is 1.32. The van der Waals surface area contributed by atoms with E-state index in [4.69, 9.17) is 4.74 Å². The van der Waals surface area contributed by atoms with Crippen molar-refractivity contribution in [3.8, 4) is 5.88 Å². The molecule has 4 rings (SSSR count). The van der Waals surface area contributed by atoms with E-state index in [0.717, 1.165) is 30.0 Å². The van der Waals surface area contributed by atoms with Gasteiger partial charge in [0.1, 0.15) is 11.9 Å². The van der Waals surface area contributed by atoms with Crippen LogP contribution in [0.15, 0.2) is 67.0 Å². The van der Waals surface area contributed by atoms with Gasteiger partial charge in [0.05, 0.1) is 5.56 Å². The van der Waals surface area contributed by atoms with Gasteiger partial charge in [0, 0.05) is 38.1 Å². The monoisotopic (exact) mass is 402 g/mol. The number of carbonyl (C=O) groups excluding carboxylic acids is 1. The molecule has 6 nitrogen and oxygen atoms in total. The van der Waals surface area contributed by atoms with Crippen molar-refractivity contribution < 1.29 is 9.53 Å². The molecule has 1 aliphatic heterocycles. The molecule has 6 heteroatoms. The van der Waals surface area contributed by atoms with Crippen LogP contribution in [0, 0.1) is 0 Å². The Morgan fingerprint density at radius 3 is 2.50 bits per heavy atom. The minimum atomic E-state index is -0.172. The first-order chi connectivity index (χ1) is 14.7. The highest BCUT2D eigenvalue weighted by molar-refractivity contribution is 5.93. The van der Waals surface area contributed by atoms with E-state index in [1.54, 1.807) is 12.1 Å². The van der Waals surface area contributed by atoms with Gasteiger partial charge < -0.3 is 15.0 Å². The van der Waals surface area contributed by atoms with Gasteiger partial charge in [-0.05, 0) is 43.0 Å². The number of aromatic nitrogens is 2. The molecule has 154 valence electrons. The first-order valence-corrected chi connectivity index (χ1v) is 10.3. The third kappa shape index (κ3) is 4.95. The average molecular weight is 402 g/mol. The van der Waals surface area contributed by atoms with Gasteiger partial charge in [-0.25, -0.2) is 9.97 Å². The summed E-state index contributed by atoms with van der Waals surface area (Å²) < 4.78 is 5.86. The summed E-state index contributed by atoms with van der Waals surface area (Å²) in [6, 6.07) is 17.4. The fourth-order valence-electron chi connectivity index (χ4n) is 3.50. The molecule has 0 spiro atoms. The van der Waals surface area contributed by atoms with Crippen LogP contribution in [0.25, 0.3) is 0 Å². The molecule has 0 radical (unpaired) electrons. The maximum absolute atomic E-state index is 12.4. The number of hydrogen-bond acceptors (Lipinski definition) is 5. The van der Waals surface area contributed by atoms with Gasteiger partial charge in [0.2, 0.25) is 5.88 Å². The number of hydrogen-bond donors (Lipinski definition) is 1. The Morgan fingerprint density at radius 2 is 1.83 bits per heavy atom. The lowest BCUT2D eigenvalue weighted by atomic mass is 10.1. The first-order valence-electron chi connectivity index (χ1n) is 10.3. The number of nitrogens with one attached hydrogen (secondary N) is 1. The van der Waals surface area contributed by atoms with Gasteiger partial charge in [-0.1, -0.05) is 36.4 Å². The Kier molecular flexibility index (Phi) is 6.23. The molecular weight excluding hydrogens is 376 g/mol. The molecule has 1 unspecified atom stereocenters.